The number of aromatic amines is 1. The van der Waals surface area contributed by atoms with E-state index in [1.807, 2.05) is 23.9 Å². The van der Waals surface area contributed by atoms with Crippen LogP contribution in [0.25, 0.3) is 11.3 Å². The third-order valence-electron chi connectivity index (χ3n) is 3.73. The average molecular weight is 332 g/mol. The Kier molecular flexibility index (Phi) is 5.30. The summed E-state index contributed by atoms with van der Waals surface area (Å²) in [5, 5.41) is 10.6. The van der Waals surface area contributed by atoms with Crippen LogP contribution in [0.4, 0.5) is 0 Å². The van der Waals surface area contributed by atoms with Crippen LogP contribution in [0.1, 0.15) is 23.0 Å². The van der Waals surface area contributed by atoms with Gasteiger partial charge in [-0.25, -0.2) is 4.79 Å². The Morgan fingerprint density at radius 2 is 2.17 bits per heavy atom. The second-order valence-electron chi connectivity index (χ2n) is 5.33. The largest absolute Gasteiger partial charge is 0.461 e. The topological polar surface area (TPSA) is 71.1 Å². The van der Waals surface area contributed by atoms with Crippen LogP contribution in [0, 0.1) is 0 Å². The molecule has 23 heavy (non-hydrogen) atoms. The van der Waals surface area contributed by atoms with Gasteiger partial charge in [-0.15, -0.1) is 5.10 Å². The lowest BCUT2D eigenvalue weighted by molar-refractivity contribution is 0.0520. The first-order chi connectivity index (χ1) is 11.3. The summed E-state index contributed by atoms with van der Waals surface area (Å²) in [6.07, 6.45) is 0. The molecule has 0 unspecified atom stereocenters. The fourth-order valence-corrected chi connectivity index (χ4v) is 3.59. The van der Waals surface area contributed by atoms with Crippen LogP contribution in [-0.4, -0.2) is 57.5 Å². The third kappa shape index (κ3) is 3.92. The van der Waals surface area contributed by atoms with Gasteiger partial charge in [0.05, 0.1) is 6.61 Å². The summed E-state index contributed by atoms with van der Waals surface area (Å²) in [5.41, 5.74) is 2.87. The molecule has 0 aliphatic carbocycles. The zero-order valence-electron chi connectivity index (χ0n) is 13.1. The summed E-state index contributed by atoms with van der Waals surface area (Å²) >= 11 is 2.00. The van der Waals surface area contributed by atoms with Gasteiger partial charge in [0.15, 0.2) is 5.69 Å². The van der Waals surface area contributed by atoms with Gasteiger partial charge in [-0.2, -0.15) is 22.1 Å². The van der Waals surface area contributed by atoms with Gasteiger partial charge in [0.25, 0.3) is 0 Å². The van der Waals surface area contributed by atoms with Crippen molar-refractivity contribution in [1.29, 1.82) is 0 Å². The molecule has 122 valence electrons. The molecule has 0 saturated carbocycles. The maximum absolute atomic E-state index is 11.9. The maximum Gasteiger partial charge on any atom is 0.361 e. The molecule has 1 fully saturated rings. The highest BCUT2D eigenvalue weighted by Gasteiger charge is 2.19. The van der Waals surface area contributed by atoms with Crippen LogP contribution in [0.5, 0.6) is 0 Å². The van der Waals surface area contributed by atoms with Crippen LogP contribution in [0.15, 0.2) is 24.3 Å². The number of rotatable bonds is 5. The predicted molar refractivity (Wildman–Crippen MR) is 90.4 cm³/mol. The number of thioether (sulfide) groups is 1. The number of hydrogen-bond donors (Lipinski definition) is 1. The van der Waals surface area contributed by atoms with Gasteiger partial charge in [-0.3, -0.25) is 4.90 Å². The van der Waals surface area contributed by atoms with Crippen LogP contribution in [0.2, 0.25) is 0 Å². The Labute approximate surface area is 139 Å². The monoisotopic (exact) mass is 332 g/mol. The molecule has 0 radical (unpaired) electrons. The zero-order valence-corrected chi connectivity index (χ0v) is 13.9. The molecule has 2 heterocycles. The maximum atomic E-state index is 11.9. The molecule has 0 amide bonds. The van der Waals surface area contributed by atoms with E-state index in [4.69, 9.17) is 4.74 Å². The van der Waals surface area contributed by atoms with Crippen LogP contribution in [-0.2, 0) is 11.3 Å². The van der Waals surface area contributed by atoms with Crippen LogP contribution in [0.3, 0.4) is 0 Å². The summed E-state index contributed by atoms with van der Waals surface area (Å²) < 4.78 is 5.03. The lowest BCUT2D eigenvalue weighted by atomic mass is 10.1. The van der Waals surface area contributed by atoms with E-state index in [0.29, 0.717) is 12.3 Å². The summed E-state index contributed by atoms with van der Waals surface area (Å²) in [5.74, 6) is 1.93. The Balaban J connectivity index is 1.80. The van der Waals surface area contributed by atoms with E-state index < -0.39 is 5.97 Å². The van der Waals surface area contributed by atoms with Gasteiger partial charge in [0.2, 0.25) is 0 Å². The average Bonchev–Trinajstić information content (AvgIpc) is 3.06. The second-order valence-corrected chi connectivity index (χ2v) is 6.55. The molecule has 0 atom stereocenters. The molecular weight excluding hydrogens is 312 g/mol. The Hall–Kier alpha value is -1.86. The van der Waals surface area contributed by atoms with Gasteiger partial charge in [-0.05, 0) is 18.6 Å². The van der Waals surface area contributed by atoms with Crippen molar-refractivity contribution < 1.29 is 9.53 Å². The zero-order chi connectivity index (χ0) is 16.1. The highest BCUT2D eigenvalue weighted by atomic mass is 32.2. The molecule has 1 aliphatic heterocycles. The first-order valence-electron chi connectivity index (χ1n) is 7.75. The molecular formula is C16H20N4O2S. The summed E-state index contributed by atoms with van der Waals surface area (Å²) in [4.78, 5) is 14.4. The molecule has 2 aromatic rings. The Morgan fingerprint density at radius 3 is 2.96 bits per heavy atom. The number of H-pyrrole nitrogens is 1. The normalized spacial score (nSPS) is 15.5. The molecule has 1 aromatic heterocycles. The van der Waals surface area contributed by atoms with E-state index >= 15 is 0 Å². The van der Waals surface area contributed by atoms with Crippen molar-refractivity contribution in [1.82, 2.24) is 20.3 Å². The van der Waals surface area contributed by atoms with Gasteiger partial charge >= 0.3 is 5.97 Å². The van der Waals surface area contributed by atoms with E-state index in [1.165, 1.54) is 17.1 Å². The van der Waals surface area contributed by atoms with Crippen molar-refractivity contribution in [2.75, 3.05) is 31.2 Å². The van der Waals surface area contributed by atoms with E-state index in [0.717, 1.165) is 25.2 Å². The molecule has 3 rings (SSSR count). The summed E-state index contributed by atoms with van der Waals surface area (Å²) in [7, 11) is 0. The molecule has 0 spiro atoms. The quantitative estimate of drug-likeness (QED) is 0.847. The molecule has 1 aromatic carbocycles. The van der Waals surface area contributed by atoms with Crippen molar-refractivity contribution in [2.45, 2.75) is 13.5 Å². The summed E-state index contributed by atoms with van der Waals surface area (Å²) in [6.45, 7) is 5.24. The van der Waals surface area contributed by atoms with Gasteiger partial charge in [0, 0.05) is 36.7 Å². The third-order valence-corrected chi connectivity index (χ3v) is 4.67. The van der Waals surface area contributed by atoms with Crippen molar-refractivity contribution in [2.24, 2.45) is 0 Å². The van der Waals surface area contributed by atoms with E-state index in [2.05, 4.69) is 32.4 Å². The van der Waals surface area contributed by atoms with Crippen molar-refractivity contribution >= 4 is 17.7 Å². The number of carbonyl (C=O) groups is 1. The number of nitrogens with one attached hydrogen (secondary N) is 1. The second kappa shape index (κ2) is 7.61. The highest BCUT2D eigenvalue weighted by molar-refractivity contribution is 7.99. The lowest BCUT2D eigenvalue weighted by Gasteiger charge is -2.26. The summed E-state index contributed by atoms with van der Waals surface area (Å²) in [6, 6.07) is 8.11. The first kappa shape index (κ1) is 16.0. The number of nitrogens with zero attached hydrogens (tertiary/aromatic N) is 3. The first-order valence-corrected chi connectivity index (χ1v) is 8.90. The number of hydrogen-bond acceptors (Lipinski definition) is 6. The fraction of sp³-hybridized carbons (Fsp3) is 0.438. The number of carbonyl (C=O) groups excluding carboxylic acids is 1. The minimum atomic E-state index is -0.449. The molecule has 7 heteroatoms. The molecule has 1 aliphatic rings. The van der Waals surface area contributed by atoms with Gasteiger partial charge in [0.1, 0.15) is 5.69 Å². The Morgan fingerprint density at radius 1 is 1.35 bits per heavy atom. The molecule has 1 saturated heterocycles. The van der Waals surface area contributed by atoms with E-state index in [-0.39, 0.29) is 5.69 Å². The Bertz CT molecular complexity index is 668. The predicted octanol–water partition coefficient (Wildman–Crippen LogP) is 2.20. The van der Waals surface area contributed by atoms with Crippen molar-refractivity contribution in [3.63, 3.8) is 0 Å². The lowest BCUT2D eigenvalue weighted by Crippen LogP contribution is -2.31. The number of benzene rings is 1. The van der Waals surface area contributed by atoms with E-state index in [1.54, 1.807) is 6.92 Å². The minimum Gasteiger partial charge on any atom is -0.461 e. The van der Waals surface area contributed by atoms with Crippen LogP contribution < -0.4 is 0 Å². The number of ether oxygens (including phenoxy) is 1. The SMILES string of the molecule is CCOC(=O)c1n[nH]nc1-c1cccc(CN2CCSCC2)c1. The van der Waals surface area contributed by atoms with Gasteiger partial charge < -0.3 is 4.74 Å². The molecule has 1 N–H and O–H groups in total. The van der Waals surface area contributed by atoms with Crippen LogP contribution >= 0.6 is 11.8 Å². The standard InChI is InChI=1S/C16H20N4O2S/c1-2-22-16(21)15-14(17-19-18-15)13-5-3-4-12(10-13)11-20-6-8-23-9-7-20/h3-5,10H,2,6-9,11H2,1H3,(H,17,18,19). The highest BCUT2D eigenvalue weighted by Crippen LogP contribution is 2.22. The number of aromatic nitrogens is 3. The minimum absolute atomic E-state index is 0.235. The van der Waals surface area contributed by atoms with Crippen molar-refractivity contribution in [3.8, 4) is 11.3 Å². The molecule has 0 bridgehead atoms. The fourth-order valence-electron chi connectivity index (χ4n) is 2.61. The molecule has 6 nitrogen and oxygen atoms in total. The number of esters is 1. The van der Waals surface area contributed by atoms with Gasteiger partial charge in [-0.1, -0.05) is 18.2 Å². The van der Waals surface area contributed by atoms with E-state index in [9.17, 15) is 4.79 Å². The smallest absolute Gasteiger partial charge is 0.361 e. The van der Waals surface area contributed by atoms with Crippen molar-refractivity contribution in [3.05, 3.63) is 35.5 Å².